The monoisotopic (exact) mass is 487 g/mol. The molecule has 2 heterocycles. The Labute approximate surface area is 185 Å². The van der Waals surface area contributed by atoms with Crippen LogP contribution in [0.1, 0.15) is 5.56 Å². The largest absolute Gasteiger partial charge is 0.418 e. The average Bonchev–Trinajstić information content (AvgIpc) is 3.20. The van der Waals surface area contributed by atoms with E-state index in [0.29, 0.717) is 0 Å². The third-order valence-corrected chi connectivity index (χ3v) is 8.24. The number of nitrogens with zero attached hydrogens (tertiary/aromatic N) is 2. The first-order chi connectivity index (χ1) is 15.0. The molecule has 2 aliphatic rings. The molecule has 0 aliphatic carbocycles. The Morgan fingerprint density at radius 1 is 1.12 bits per heavy atom. The number of anilines is 2. The van der Waals surface area contributed by atoms with Crippen LogP contribution in [0.25, 0.3) is 0 Å². The van der Waals surface area contributed by atoms with Crippen molar-refractivity contribution in [1.82, 2.24) is 0 Å². The van der Waals surface area contributed by atoms with Crippen molar-refractivity contribution in [2.24, 2.45) is 4.99 Å². The Hall–Kier alpha value is -2.60. The van der Waals surface area contributed by atoms with E-state index in [0.717, 1.165) is 23.9 Å². The van der Waals surface area contributed by atoms with Gasteiger partial charge in [0.05, 0.1) is 34.5 Å². The molecule has 2 atom stereocenters. The van der Waals surface area contributed by atoms with E-state index in [4.69, 9.17) is 0 Å². The second-order valence-corrected chi connectivity index (χ2v) is 10.7. The minimum absolute atomic E-state index is 0.0147. The lowest BCUT2D eigenvalue weighted by Gasteiger charge is -2.25. The van der Waals surface area contributed by atoms with Gasteiger partial charge in [-0.2, -0.15) is 13.2 Å². The summed E-state index contributed by atoms with van der Waals surface area (Å²) in [7, 11) is -3.22. The molecule has 6 nitrogen and oxygen atoms in total. The third-order valence-electron chi connectivity index (χ3n) is 4.99. The van der Waals surface area contributed by atoms with Crippen LogP contribution in [-0.4, -0.2) is 48.8 Å². The van der Waals surface area contributed by atoms with Gasteiger partial charge in [-0.05, 0) is 24.3 Å². The summed E-state index contributed by atoms with van der Waals surface area (Å²) in [5.74, 6) is -1.67. The number of rotatable bonds is 4. The standard InChI is InChI=1S/C20H17F4N3O3S2/c21-13-6-2-4-8-16(13)27(19-26-15-10-32(29,30)11-17(15)31-19)9-18(28)25-14-7-3-1-5-12(14)20(22,23)24/h1-8,15,17H,9-11H2,(H,25,28)/t15-,17+/m0/s1. The molecular weight excluding hydrogens is 470 g/mol. The number of nitrogens with one attached hydrogen (secondary N) is 1. The number of benzene rings is 2. The SMILES string of the molecule is O=C(CN(C1=N[C@H]2CS(=O)(=O)C[C@H]2S1)c1ccccc1F)Nc1ccccc1C(F)(F)F. The van der Waals surface area contributed by atoms with Crippen LogP contribution in [0.4, 0.5) is 28.9 Å². The lowest BCUT2D eigenvalue weighted by atomic mass is 10.1. The van der Waals surface area contributed by atoms with Gasteiger partial charge in [-0.15, -0.1) is 0 Å². The van der Waals surface area contributed by atoms with E-state index in [2.05, 4.69) is 10.3 Å². The second-order valence-electron chi connectivity index (χ2n) is 7.34. The Morgan fingerprint density at radius 2 is 1.81 bits per heavy atom. The van der Waals surface area contributed by atoms with Gasteiger partial charge in [0.2, 0.25) is 5.91 Å². The van der Waals surface area contributed by atoms with E-state index >= 15 is 0 Å². The highest BCUT2D eigenvalue weighted by molar-refractivity contribution is 8.15. The summed E-state index contributed by atoms with van der Waals surface area (Å²) < 4.78 is 77.9. The zero-order chi connectivity index (χ0) is 23.1. The number of alkyl halides is 3. The lowest BCUT2D eigenvalue weighted by Crippen LogP contribution is -2.37. The minimum atomic E-state index is -4.66. The number of thioether (sulfide) groups is 1. The van der Waals surface area contributed by atoms with Crippen molar-refractivity contribution in [2.75, 3.05) is 28.3 Å². The van der Waals surface area contributed by atoms with Gasteiger partial charge >= 0.3 is 6.18 Å². The lowest BCUT2D eigenvalue weighted by molar-refractivity contribution is -0.137. The number of hydrogen-bond acceptors (Lipinski definition) is 6. The topological polar surface area (TPSA) is 78.8 Å². The molecule has 1 amide bonds. The molecule has 0 aromatic heterocycles. The maximum absolute atomic E-state index is 14.5. The summed E-state index contributed by atoms with van der Waals surface area (Å²) in [6.45, 7) is -0.509. The summed E-state index contributed by atoms with van der Waals surface area (Å²) in [6, 6.07) is 9.65. The van der Waals surface area contributed by atoms with Crippen LogP contribution in [0.3, 0.4) is 0 Å². The average molecular weight is 488 g/mol. The summed E-state index contributed by atoms with van der Waals surface area (Å²) >= 11 is 1.12. The van der Waals surface area contributed by atoms with E-state index in [1.54, 1.807) is 6.07 Å². The van der Waals surface area contributed by atoms with Crippen LogP contribution in [0.5, 0.6) is 0 Å². The third kappa shape index (κ3) is 4.75. The number of fused-ring (bicyclic) bond motifs is 1. The number of para-hydroxylation sites is 2. The summed E-state index contributed by atoms with van der Waals surface area (Å²) in [6.07, 6.45) is -4.66. The fraction of sp³-hybridized carbons (Fsp3) is 0.300. The normalized spacial score (nSPS) is 21.7. The Balaban J connectivity index is 1.60. The molecule has 2 aromatic rings. The number of halogens is 4. The van der Waals surface area contributed by atoms with Crippen molar-refractivity contribution in [3.8, 4) is 0 Å². The summed E-state index contributed by atoms with van der Waals surface area (Å²) in [5, 5.41) is 2.14. The van der Waals surface area contributed by atoms with Crippen LogP contribution in [0, 0.1) is 5.82 Å². The van der Waals surface area contributed by atoms with Crippen molar-refractivity contribution < 1.29 is 30.8 Å². The molecule has 0 spiro atoms. The smallest absolute Gasteiger partial charge is 0.324 e. The van der Waals surface area contributed by atoms with Crippen LogP contribution < -0.4 is 10.2 Å². The van der Waals surface area contributed by atoms with Crippen molar-refractivity contribution >= 4 is 44.0 Å². The highest BCUT2D eigenvalue weighted by Gasteiger charge is 2.44. The van der Waals surface area contributed by atoms with Crippen LogP contribution in [0.2, 0.25) is 0 Å². The van der Waals surface area contributed by atoms with Crippen molar-refractivity contribution in [3.05, 3.63) is 59.9 Å². The number of carbonyl (C=O) groups excluding carboxylic acids is 1. The molecule has 12 heteroatoms. The number of aliphatic imine (C=N–C) groups is 1. The fourth-order valence-electron chi connectivity index (χ4n) is 3.57. The van der Waals surface area contributed by atoms with Crippen molar-refractivity contribution in [3.63, 3.8) is 0 Å². The molecule has 32 heavy (non-hydrogen) atoms. The Kier molecular flexibility index (Phi) is 5.93. The van der Waals surface area contributed by atoms with E-state index < -0.39 is 51.6 Å². The molecule has 0 radical (unpaired) electrons. The number of amidine groups is 1. The van der Waals surface area contributed by atoms with E-state index in [1.165, 1.54) is 35.2 Å². The van der Waals surface area contributed by atoms with Gasteiger partial charge < -0.3 is 10.2 Å². The summed E-state index contributed by atoms with van der Waals surface area (Å²) in [4.78, 5) is 18.3. The van der Waals surface area contributed by atoms with Gasteiger partial charge in [-0.1, -0.05) is 36.0 Å². The Morgan fingerprint density at radius 3 is 2.50 bits per heavy atom. The molecular formula is C20H17F4N3O3S2. The maximum Gasteiger partial charge on any atom is 0.418 e. The highest BCUT2D eigenvalue weighted by Crippen LogP contribution is 2.38. The quantitative estimate of drug-likeness (QED) is 0.668. The van der Waals surface area contributed by atoms with E-state index in [-0.39, 0.29) is 27.6 Å². The highest BCUT2D eigenvalue weighted by atomic mass is 32.2. The minimum Gasteiger partial charge on any atom is -0.324 e. The zero-order valence-corrected chi connectivity index (χ0v) is 18.0. The zero-order valence-electron chi connectivity index (χ0n) is 16.3. The maximum atomic E-state index is 14.5. The van der Waals surface area contributed by atoms with Gasteiger partial charge in [0.15, 0.2) is 15.0 Å². The number of hydrogen-bond donors (Lipinski definition) is 1. The number of amides is 1. The van der Waals surface area contributed by atoms with Gasteiger partial charge in [-0.25, -0.2) is 12.8 Å². The predicted octanol–water partition coefficient (Wildman–Crippen LogP) is 3.56. The van der Waals surface area contributed by atoms with Crippen LogP contribution >= 0.6 is 11.8 Å². The molecule has 0 unspecified atom stereocenters. The number of carbonyl (C=O) groups is 1. The first kappa shape index (κ1) is 22.6. The van der Waals surface area contributed by atoms with Gasteiger partial charge in [0.25, 0.3) is 0 Å². The molecule has 1 N–H and O–H groups in total. The molecule has 1 fully saturated rings. The van der Waals surface area contributed by atoms with Gasteiger partial charge in [-0.3, -0.25) is 9.79 Å². The second kappa shape index (κ2) is 8.39. The molecule has 4 rings (SSSR count). The first-order valence-corrected chi connectivity index (χ1v) is 12.2. The molecule has 2 aromatic carbocycles. The predicted molar refractivity (Wildman–Crippen MR) is 115 cm³/mol. The molecule has 0 saturated carbocycles. The molecule has 0 bridgehead atoms. The van der Waals surface area contributed by atoms with Gasteiger partial charge in [0.1, 0.15) is 12.4 Å². The van der Waals surface area contributed by atoms with Crippen LogP contribution in [-0.2, 0) is 20.8 Å². The molecule has 170 valence electrons. The Bertz CT molecular complexity index is 1180. The van der Waals surface area contributed by atoms with Gasteiger partial charge in [0, 0.05) is 5.25 Å². The van der Waals surface area contributed by atoms with E-state index in [1.807, 2.05) is 0 Å². The first-order valence-electron chi connectivity index (χ1n) is 9.46. The van der Waals surface area contributed by atoms with Crippen LogP contribution in [0.15, 0.2) is 53.5 Å². The van der Waals surface area contributed by atoms with E-state index in [9.17, 15) is 30.8 Å². The number of sulfone groups is 1. The van der Waals surface area contributed by atoms with Crippen molar-refractivity contribution in [1.29, 1.82) is 0 Å². The fourth-order valence-corrected chi connectivity index (χ4v) is 7.34. The molecule has 1 saturated heterocycles. The molecule has 2 aliphatic heterocycles. The van der Waals surface area contributed by atoms with Crippen molar-refractivity contribution in [2.45, 2.75) is 17.5 Å². The summed E-state index contributed by atoms with van der Waals surface area (Å²) in [5.41, 5.74) is -1.40.